The zero-order valence-electron chi connectivity index (χ0n) is 13.7. The number of pyridine rings is 1. The van der Waals surface area contributed by atoms with E-state index in [2.05, 4.69) is 22.6 Å². The maximum atomic E-state index is 13.1. The molecule has 0 aliphatic heterocycles. The Hall–Kier alpha value is -2.55. The molecule has 25 heavy (non-hydrogen) atoms. The Bertz CT molecular complexity index is 1070. The van der Waals surface area contributed by atoms with Gasteiger partial charge < -0.3 is 16.2 Å². The number of hydrogen-bond acceptors (Lipinski definition) is 5. The summed E-state index contributed by atoms with van der Waals surface area (Å²) in [6.07, 6.45) is 0. The summed E-state index contributed by atoms with van der Waals surface area (Å²) >= 11 is 2.16. The Balaban J connectivity index is 2.54. The number of ether oxygens (including phenoxy) is 1. The lowest BCUT2D eigenvalue weighted by Crippen LogP contribution is -2.28. The number of carbonyl (C=O) groups excluding carboxylic acids is 1. The molecule has 0 aliphatic rings. The van der Waals surface area contributed by atoms with E-state index in [0.29, 0.717) is 22.3 Å². The van der Waals surface area contributed by atoms with Crippen molar-refractivity contribution < 1.29 is 9.53 Å². The summed E-state index contributed by atoms with van der Waals surface area (Å²) < 4.78 is 7.18. The van der Waals surface area contributed by atoms with Crippen molar-refractivity contribution in [3.05, 3.63) is 61.4 Å². The van der Waals surface area contributed by atoms with E-state index in [1.807, 2.05) is 19.1 Å². The van der Waals surface area contributed by atoms with Gasteiger partial charge in [0.2, 0.25) is 0 Å². The van der Waals surface area contributed by atoms with Crippen LogP contribution in [-0.2, 0) is 4.74 Å². The Morgan fingerprint density at radius 2 is 1.88 bits per heavy atom. The van der Waals surface area contributed by atoms with Crippen LogP contribution in [-0.4, -0.2) is 17.6 Å². The van der Waals surface area contributed by atoms with E-state index >= 15 is 0 Å². The first-order valence-corrected chi connectivity index (χ1v) is 8.51. The first-order chi connectivity index (χ1) is 11.8. The number of fused-ring (bicyclic) bond motifs is 1. The van der Waals surface area contributed by atoms with Crippen molar-refractivity contribution in [2.24, 2.45) is 0 Å². The number of benzene rings is 2. The standard InChI is InChI=1S/C18H16IN3O3/c1-9-7-11(20)4-6-13(9)22-14-8-10(19)3-5-12(14)16(21)15(17(22)23)18(24)25-2/h3-8H,20-21H2,1-2H3. The molecule has 0 spiro atoms. The van der Waals surface area contributed by atoms with E-state index in [9.17, 15) is 9.59 Å². The molecule has 1 heterocycles. The van der Waals surface area contributed by atoms with Crippen molar-refractivity contribution in [1.82, 2.24) is 4.57 Å². The minimum absolute atomic E-state index is 0.118. The van der Waals surface area contributed by atoms with Gasteiger partial charge >= 0.3 is 5.97 Å². The summed E-state index contributed by atoms with van der Waals surface area (Å²) in [7, 11) is 1.22. The lowest BCUT2D eigenvalue weighted by molar-refractivity contribution is 0.0600. The van der Waals surface area contributed by atoms with E-state index < -0.39 is 11.5 Å². The van der Waals surface area contributed by atoms with E-state index in [4.69, 9.17) is 16.2 Å². The zero-order valence-corrected chi connectivity index (χ0v) is 15.8. The van der Waals surface area contributed by atoms with Gasteiger partial charge in [-0.05, 0) is 71.5 Å². The molecule has 0 fully saturated rings. The fraction of sp³-hybridized carbons (Fsp3) is 0.111. The van der Waals surface area contributed by atoms with Crippen LogP contribution >= 0.6 is 22.6 Å². The van der Waals surface area contributed by atoms with Crippen LogP contribution in [0.2, 0.25) is 0 Å². The molecule has 0 unspecified atom stereocenters. The van der Waals surface area contributed by atoms with Gasteiger partial charge in [-0.2, -0.15) is 0 Å². The van der Waals surface area contributed by atoms with Crippen LogP contribution in [0.3, 0.4) is 0 Å². The van der Waals surface area contributed by atoms with Gasteiger partial charge in [-0.15, -0.1) is 0 Å². The number of esters is 1. The highest BCUT2D eigenvalue weighted by atomic mass is 127. The Labute approximate surface area is 157 Å². The predicted molar refractivity (Wildman–Crippen MR) is 107 cm³/mol. The van der Waals surface area contributed by atoms with E-state index in [-0.39, 0.29) is 11.3 Å². The van der Waals surface area contributed by atoms with Crippen LogP contribution in [0.25, 0.3) is 16.6 Å². The third kappa shape index (κ3) is 2.84. The number of nitrogens with zero attached hydrogens (tertiary/aromatic N) is 1. The van der Waals surface area contributed by atoms with Gasteiger partial charge in [0.05, 0.1) is 24.0 Å². The van der Waals surface area contributed by atoms with Crippen molar-refractivity contribution in [2.75, 3.05) is 18.6 Å². The van der Waals surface area contributed by atoms with Gasteiger partial charge in [0.15, 0.2) is 0 Å². The summed E-state index contributed by atoms with van der Waals surface area (Å²) in [5.74, 6) is -0.759. The molecule has 0 radical (unpaired) electrons. The van der Waals surface area contributed by atoms with Crippen molar-refractivity contribution in [1.29, 1.82) is 0 Å². The third-order valence-corrected chi connectivity index (χ3v) is 4.70. The summed E-state index contributed by atoms with van der Waals surface area (Å²) in [6.45, 7) is 1.85. The van der Waals surface area contributed by atoms with E-state index in [1.54, 1.807) is 24.3 Å². The Morgan fingerprint density at radius 3 is 2.52 bits per heavy atom. The SMILES string of the molecule is COC(=O)c1c(N)c2ccc(I)cc2n(-c2ccc(N)cc2C)c1=O. The lowest BCUT2D eigenvalue weighted by atomic mass is 10.1. The number of nitrogens with two attached hydrogens (primary N) is 2. The summed E-state index contributed by atoms with van der Waals surface area (Å²) in [4.78, 5) is 25.3. The van der Waals surface area contributed by atoms with Gasteiger partial charge in [0.25, 0.3) is 5.56 Å². The highest BCUT2D eigenvalue weighted by Gasteiger charge is 2.22. The number of nitrogen functional groups attached to an aromatic ring is 2. The molecular formula is C18H16IN3O3. The molecule has 0 bridgehead atoms. The van der Waals surface area contributed by atoms with Crippen LogP contribution in [0.4, 0.5) is 11.4 Å². The summed E-state index contributed by atoms with van der Waals surface area (Å²) in [5.41, 5.74) is 14.0. The van der Waals surface area contributed by atoms with Gasteiger partial charge in [-0.1, -0.05) is 0 Å². The number of methoxy groups -OCH3 is 1. The van der Waals surface area contributed by atoms with Gasteiger partial charge in [0.1, 0.15) is 5.56 Å². The number of aryl methyl sites for hydroxylation is 1. The topological polar surface area (TPSA) is 100 Å². The second-order valence-electron chi connectivity index (χ2n) is 5.63. The quantitative estimate of drug-likeness (QED) is 0.356. The predicted octanol–water partition coefficient (Wildman–Crippen LogP) is 2.85. The highest BCUT2D eigenvalue weighted by molar-refractivity contribution is 14.1. The van der Waals surface area contributed by atoms with Crippen LogP contribution in [0.5, 0.6) is 0 Å². The molecule has 6 nitrogen and oxygen atoms in total. The van der Waals surface area contributed by atoms with Crippen LogP contribution in [0, 0.1) is 10.5 Å². The first-order valence-electron chi connectivity index (χ1n) is 7.43. The van der Waals surface area contributed by atoms with E-state index in [0.717, 1.165) is 9.13 Å². The number of aromatic nitrogens is 1. The molecule has 3 aromatic rings. The molecule has 128 valence electrons. The second kappa shape index (κ2) is 6.40. The van der Waals surface area contributed by atoms with Gasteiger partial charge in [0, 0.05) is 14.6 Å². The minimum Gasteiger partial charge on any atom is -0.465 e. The van der Waals surface area contributed by atoms with Gasteiger partial charge in [-0.3, -0.25) is 9.36 Å². The minimum atomic E-state index is -0.759. The molecule has 0 atom stereocenters. The largest absolute Gasteiger partial charge is 0.465 e. The monoisotopic (exact) mass is 449 g/mol. The number of carbonyl (C=O) groups is 1. The van der Waals surface area contributed by atoms with Crippen molar-refractivity contribution in [3.63, 3.8) is 0 Å². The molecule has 0 aliphatic carbocycles. The molecule has 0 saturated heterocycles. The number of anilines is 2. The fourth-order valence-electron chi connectivity index (χ4n) is 2.86. The van der Waals surface area contributed by atoms with Crippen molar-refractivity contribution >= 4 is 50.8 Å². The zero-order chi connectivity index (χ0) is 18.3. The van der Waals surface area contributed by atoms with E-state index in [1.165, 1.54) is 11.7 Å². The van der Waals surface area contributed by atoms with Crippen LogP contribution < -0.4 is 17.0 Å². The summed E-state index contributed by atoms with van der Waals surface area (Å²) in [6, 6.07) is 10.7. The van der Waals surface area contributed by atoms with Crippen molar-refractivity contribution in [3.8, 4) is 5.69 Å². The number of halogens is 1. The van der Waals surface area contributed by atoms with Crippen LogP contribution in [0.1, 0.15) is 15.9 Å². The maximum Gasteiger partial charge on any atom is 0.345 e. The third-order valence-electron chi connectivity index (χ3n) is 4.03. The normalized spacial score (nSPS) is 10.8. The smallest absolute Gasteiger partial charge is 0.345 e. The van der Waals surface area contributed by atoms with Crippen LogP contribution in [0.15, 0.2) is 41.2 Å². The fourth-order valence-corrected chi connectivity index (χ4v) is 3.33. The van der Waals surface area contributed by atoms with Gasteiger partial charge in [-0.25, -0.2) is 4.79 Å². The maximum absolute atomic E-state index is 13.1. The summed E-state index contributed by atoms with van der Waals surface area (Å²) in [5, 5.41) is 0.608. The molecular weight excluding hydrogens is 433 g/mol. The molecule has 4 N–H and O–H groups in total. The molecule has 7 heteroatoms. The van der Waals surface area contributed by atoms with Crippen molar-refractivity contribution in [2.45, 2.75) is 6.92 Å². The second-order valence-corrected chi connectivity index (χ2v) is 6.87. The lowest BCUT2D eigenvalue weighted by Gasteiger charge is -2.17. The number of rotatable bonds is 2. The average Bonchev–Trinajstić information content (AvgIpc) is 2.56. The Kier molecular flexibility index (Phi) is 4.42. The number of hydrogen-bond donors (Lipinski definition) is 2. The molecule has 2 aromatic carbocycles. The highest BCUT2D eigenvalue weighted by Crippen LogP contribution is 2.28. The first kappa shape index (κ1) is 17.3. The molecule has 0 amide bonds. The Morgan fingerprint density at radius 1 is 1.16 bits per heavy atom. The molecule has 0 saturated carbocycles. The molecule has 1 aromatic heterocycles. The average molecular weight is 449 g/mol. The molecule has 3 rings (SSSR count).